The van der Waals surface area contributed by atoms with Crippen molar-refractivity contribution in [1.29, 1.82) is 0 Å². The van der Waals surface area contributed by atoms with Gasteiger partial charge in [0.1, 0.15) is 0 Å². The Balaban J connectivity index is 2.40. The molecule has 1 atom stereocenters. The van der Waals surface area contributed by atoms with Gasteiger partial charge < -0.3 is 19.5 Å². The summed E-state index contributed by atoms with van der Waals surface area (Å²) in [5, 5.41) is 7.60. The van der Waals surface area contributed by atoms with Crippen molar-refractivity contribution in [3.63, 3.8) is 0 Å². The lowest BCUT2D eigenvalue weighted by Crippen LogP contribution is -2.19. The van der Waals surface area contributed by atoms with E-state index in [2.05, 4.69) is 22.1 Å². The fourth-order valence-corrected chi connectivity index (χ4v) is 3.09. The monoisotopic (exact) mass is 307 g/mol. The van der Waals surface area contributed by atoms with Crippen molar-refractivity contribution in [2.75, 3.05) is 28.4 Å². The molecule has 4 nitrogen and oxygen atoms in total. The number of likely N-dealkylation sites (N-methyl/N-ethyl adjacent to an activating group) is 1. The Bertz CT molecular complexity index is 569. The van der Waals surface area contributed by atoms with Gasteiger partial charge in [-0.3, -0.25) is 0 Å². The molecule has 0 aliphatic heterocycles. The molecule has 5 heteroatoms. The third kappa shape index (κ3) is 3.31. The number of rotatable bonds is 7. The Hall–Kier alpha value is -1.72. The molecule has 21 heavy (non-hydrogen) atoms. The predicted octanol–water partition coefficient (Wildman–Crippen LogP) is 3.28. The Morgan fingerprint density at radius 2 is 1.81 bits per heavy atom. The molecule has 1 heterocycles. The summed E-state index contributed by atoms with van der Waals surface area (Å²) in [5.41, 5.74) is 2.36. The second-order valence-electron chi connectivity index (χ2n) is 4.60. The van der Waals surface area contributed by atoms with Crippen LogP contribution in [0.15, 0.2) is 29.0 Å². The highest BCUT2D eigenvalue weighted by Gasteiger charge is 2.21. The largest absolute Gasteiger partial charge is 0.493 e. The van der Waals surface area contributed by atoms with E-state index in [0.29, 0.717) is 17.2 Å². The molecule has 0 aliphatic carbocycles. The fourth-order valence-electron chi connectivity index (χ4n) is 2.41. The molecule has 0 spiro atoms. The van der Waals surface area contributed by atoms with Crippen molar-refractivity contribution in [2.24, 2.45) is 0 Å². The molecular weight excluding hydrogens is 286 g/mol. The minimum absolute atomic E-state index is 0.148. The smallest absolute Gasteiger partial charge is 0.203 e. The maximum atomic E-state index is 5.57. The van der Waals surface area contributed by atoms with Gasteiger partial charge in [0.15, 0.2) is 11.5 Å². The van der Waals surface area contributed by atoms with Gasteiger partial charge in [0.25, 0.3) is 0 Å². The van der Waals surface area contributed by atoms with Gasteiger partial charge in [0.05, 0.1) is 21.3 Å². The molecule has 0 bridgehead atoms. The van der Waals surface area contributed by atoms with E-state index >= 15 is 0 Å². The first-order valence-electron chi connectivity index (χ1n) is 6.72. The lowest BCUT2D eigenvalue weighted by atomic mass is 9.99. The van der Waals surface area contributed by atoms with E-state index in [1.165, 1.54) is 5.56 Å². The van der Waals surface area contributed by atoms with E-state index in [-0.39, 0.29) is 6.04 Å². The van der Waals surface area contributed by atoms with E-state index < -0.39 is 0 Å². The molecule has 1 unspecified atom stereocenters. The van der Waals surface area contributed by atoms with Crippen LogP contribution in [0.5, 0.6) is 17.2 Å². The molecule has 0 fully saturated rings. The molecule has 0 aliphatic rings. The molecule has 1 N–H and O–H groups in total. The molecule has 1 aromatic carbocycles. The molecule has 2 aromatic rings. The van der Waals surface area contributed by atoms with Crippen LogP contribution >= 0.6 is 11.3 Å². The third-order valence-corrected chi connectivity index (χ3v) is 4.21. The van der Waals surface area contributed by atoms with Crippen molar-refractivity contribution in [1.82, 2.24) is 5.32 Å². The summed E-state index contributed by atoms with van der Waals surface area (Å²) >= 11 is 1.71. The minimum Gasteiger partial charge on any atom is -0.493 e. The number of hydrogen-bond acceptors (Lipinski definition) is 5. The quantitative estimate of drug-likeness (QED) is 0.852. The highest BCUT2D eigenvalue weighted by molar-refractivity contribution is 7.07. The van der Waals surface area contributed by atoms with E-state index in [9.17, 15) is 0 Å². The van der Waals surface area contributed by atoms with Crippen molar-refractivity contribution in [3.8, 4) is 17.2 Å². The van der Waals surface area contributed by atoms with Gasteiger partial charge >= 0.3 is 0 Å². The summed E-state index contributed by atoms with van der Waals surface area (Å²) < 4.78 is 16.4. The zero-order chi connectivity index (χ0) is 15.2. The van der Waals surface area contributed by atoms with Gasteiger partial charge in [-0.2, -0.15) is 11.3 Å². The first-order chi connectivity index (χ1) is 10.2. The lowest BCUT2D eigenvalue weighted by molar-refractivity contribution is 0.319. The van der Waals surface area contributed by atoms with E-state index in [1.54, 1.807) is 32.7 Å². The van der Waals surface area contributed by atoms with Gasteiger partial charge in [-0.15, -0.1) is 0 Å². The number of hydrogen-bond donors (Lipinski definition) is 1. The molecule has 0 saturated heterocycles. The van der Waals surface area contributed by atoms with Crippen LogP contribution in [0.4, 0.5) is 0 Å². The van der Waals surface area contributed by atoms with Crippen LogP contribution in [-0.2, 0) is 6.42 Å². The Morgan fingerprint density at radius 1 is 1.05 bits per heavy atom. The van der Waals surface area contributed by atoms with E-state index in [0.717, 1.165) is 12.0 Å². The minimum atomic E-state index is 0.148. The van der Waals surface area contributed by atoms with Crippen LogP contribution in [-0.4, -0.2) is 28.4 Å². The summed E-state index contributed by atoms with van der Waals surface area (Å²) in [6.07, 6.45) is 0.895. The average molecular weight is 307 g/mol. The summed E-state index contributed by atoms with van der Waals surface area (Å²) in [4.78, 5) is 0. The normalized spacial score (nSPS) is 12.0. The second-order valence-corrected chi connectivity index (χ2v) is 5.38. The van der Waals surface area contributed by atoms with Gasteiger partial charge in [-0.1, -0.05) is 0 Å². The first kappa shape index (κ1) is 15.7. The molecular formula is C16H21NO3S. The van der Waals surface area contributed by atoms with Crippen LogP contribution in [0.2, 0.25) is 0 Å². The van der Waals surface area contributed by atoms with Gasteiger partial charge in [-0.25, -0.2) is 0 Å². The summed E-state index contributed by atoms with van der Waals surface area (Å²) in [6.45, 7) is 0. The maximum absolute atomic E-state index is 5.57. The SMILES string of the molecule is CNC(Cc1ccsc1)c1ccc(OC)c(OC)c1OC. The highest BCUT2D eigenvalue weighted by atomic mass is 32.1. The molecule has 1 aromatic heterocycles. The zero-order valence-electron chi connectivity index (χ0n) is 12.8. The number of benzene rings is 1. The van der Waals surface area contributed by atoms with Gasteiger partial charge in [0.2, 0.25) is 5.75 Å². The van der Waals surface area contributed by atoms with Gasteiger partial charge in [0, 0.05) is 11.6 Å². The molecule has 2 rings (SSSR count). The maximum Gasteiger partial charge on any atom is 0.203 e. The van der Waals surface area contributed by atoms with Crippen molar-refractivity contribution < 1.29 is 14.2 Å². The molecule has 114 valence electrons. The highest BCUT2D eigenvalue weighted by Crippen LogP contribution is 2.42. The van der Waals surface area contributed by atoms with Crippen LogP contribution in [0.3, 0.4) is 0 Å². The van der Waals surface area contributed by atoms with Crippen LogP contribution in [0.25, 0.3) is 0 Å². The number of methoxy groups -OCH3 is 3. The first-order valence-corrected chi connectivity index (χ1v) is 7.66. The Morgan fingerprint density at radius 3 is 2.33 bits per heavy atom. The van der Waals surface area contributed by atoms with Crippen LogP contribution in [0.1, 0.15) is 17.2 Å². The lowest BCUT2D eigenvalue weighted by Gasteiger charge is -2.22. The van der Waals surface area contributed by atoms with E-state index in [1.807, 2.05) is 19.2 Å². The summed E-state index contributed by atoms with van der Waals surface area (Å²) in [6, 6.07) is 6.22. The van der Waals surface area contributed by atoms with Crippen molar-refractivity contribution >= 4 is 11.3 Å². The predicted molar refractivity (Wildman–Crippen MR) is 85.9 cm³/mol. The zero-order valence-corrected chi connectivity index (χ0v) is 13.6. The summed E-state index contributed by atoms with van der Waals surface area (Å²) in [5.74, 6) is 2.01. The van der Waals surface area contributed by atoms with Gasteiger partial charge in [-0.05, 0) is 48.0 Å². The van der Waals surface area contributed by atoms with Crippen LogP contribution in [0, 0.1) is 0 Å². The molecule has 0 saturated carbocycles. The standard InChI is InChI=1S/C16H21NO3S/c1-17-13(9-11-7-8-21-10-11)12-5-6-14(18-2)16(20-4)15(12)19-3/h5-8,10,13,17H,9H2,1-4H3. The third-order valence-electron chi connectivity index (χ3n) is 3.48. The fraction of sp³-hybridized carbons (Fsp3) is 0.375. The number of thiophene rings is 1. The number of nitrogens with one attached hydrogen (secondary N) is 1. The van der Waals surface area contributed by atoms with Crippen molar-refractivity contribution in [3.05, 3.63) is 40.1 Å². The molecule has 0 amide bonds. The Kier molecular flexibility index (Phi) is 5.47. The average Bonchev–Trinajstić information content (AvgIpc) is 3.04. The molecule has 0 radical (unpaired) electrons. The second kappa shape index (κ2) is 7.33. The summed E-state index contributed by atoms with van der Waals surface area (Å²) in [7, 11) is 6.85. The Labute approximate surface area is 129 Å². The number of ether oxygens (including phenoxy) is 3. The van der Waals surface area contributed by atoms with Crippen LogP contribution < -0.4 is 19.5 Å². The van der Waals surface area contributed by atoms with Crippen molar-refractivity contribution in [2.45, 2.75) is 12.5 Å². The topological polar surface area (TPSA) is 39.7 Å². The van der Waals surface area contributed by atoms with E-state index in [4.69, 9.17) is 14.2 Å².